The van der Waals surface area contributed by atoms with Gasteiger partial charge in [-0.05, 0) is 32.0 Å². The molecular formula is C24H23N7O5. The summed E-state index contributed by atoms with van der Waals surface area (Å²) in [6.45, 7) is 5.22. The van der Waals surface area contributed by atoms with E-state index in [2.05, 4.69) is 15.1 Å². The molecule has 36 heavy (non-hydrogen) atoms. The summed E-state index contributed by atoms with van der Waals surface area (Å²) in [6, 6.07) is 7.23. The second-order valence-corrected chi connectivity index (χ2v) is 8.53. The van der Waals surface area contributed by atoms with E-state index in [9.17, 15) is 14.9 Å². The lowest BCUT2D eigenvalue weighted by Crippen LogP contribution is -2.50. The molecule has 1 aliphatic rings. The van der Waals surface area contributed by atoms with E-state index in [1.807, 2.05) is 24.8 Å². The fraction of sp³-hybridized carbons (Fsp3) is 0.333. The second kappa shape index (κ2) is 9.53. The summed E-state index contributed by atoms with van der Waals surface area (Å²) in [6.07, 6.45) is 4.57. The topological polar surface area (TPSA) is 144 Å². The molecule has 0 bridgehead atoms. The van der Waals surface area contributed by atoms with Crippen molar-refractivity contribution in [1.82, 2.24) is 24.6 Å². The predicted octanol–water partition coefficient (Wildman–Crippen LogP) is 2.64. The van der Waals surface area contributed by atoms with Crippen molar-refractivity contribution < 1.29 is 23.2 Å². The Bertz CT molecular complexity index is 1440. The second-order valence-electron chi connectivity index (χ2n) is 8.53. The number of rotatable bonds is 6. The number of carbonyl (C=O) groups is 2. The van der Waals surface area contributed by atoms with Gasteiger partial charge in [0.1, 0.15) is 6.07 Å². The third-order valence-corrected chi connectivity index (χ3v) is 5.85. The first-order valence-electron chi connectivity index (χ1n) is 11.4. The number of nitriles is 1. The highest BCUT2D eigenvalue weighted by molar-refractivity contribution is 5.94. The molecule has 0 N–H and O–H groups in total. The van der Waals surface area contributed by atoms with Gasteiger partial charge in [-0.2, -0.15) is 15.3 Å². The van der Waals surface area contributed by atoms with Crippen LogP contribution in [0.15, 0.2) is 45.7 Å². The zero-order valence-electron chi connectivity index (χ0n) is 19.7. The van der Waals surface area contributed by atoms with E-state index in [1.54, 1.807) is 34.0 Å². The maximum atomic E-state index is 12.7. The SMILES string of the molecule is CC(C)n1ncc2cc(C(=O)OCC(=O)N3CCN(c4oc(-c5ccco5)nc4C#N)CC3)cnc21. The number of amides is 1. The zero-order chi connectivity index (χ0) is 25.2. The molecule has 4 aromatic rings. The van der Waals surface area contributed by atoms with Gasteiger partial charge in [-0.3, -0.25) is 4.79 Å². The van der Waals surface area contributed by atoms with Crippen LogP contribution in [0.4, 0.5) is 5.88 Å². The average Bonchev–Trinajstić information content (AvgIpc) is 3.65. The summed E-state index contributed by atoms with van der Waals surface area (Å²) in [5.41, 5.74) is 1.09. The number of furan rings is 1. The van der Waals surface area contributed by atoms with Gasteiger partial charge in [0, 0.05) is 43.8 Å². The van der Waals surface area contributed by atoms with Gasteiger partial charge in [-0.25, -0.2) is 14.5 Å². The van der Waals surface area contributed by atoms with Crippen LogP contribution < -0.4 is 4.90 Å². The van der Waals surface area contributed by atoms with Crippen LogP contribution in [0.5, 0.6) is 0 Å². The summed E-state index contributed by atoms with van der Waals surface area (Å²) in [5, 5.41) is 14.5. The summed E-state index contributed by atoms with van der Waals surface area (Å²) >= 11 is 0. The standard InChI is InChI=1S/C24H23N7O5/c1-15(2)31-21-16(13-27-31)10-17(12-26-21)24(33)35-14-20(32)29-5-7-30(8-6-29)23-18(11-25)28-22(36-23)19-4-3-9-34-19/h3-4,9-10,12-13,15H,5-8,14H2,1-2H3. The van der Waals surface area contributed by atoms with Crippen LogP contribution in [0.3, 0.4) is 0 Å². The Morgan fingerprint density at radius 2 is 2.03 bits per heavy atom. The Balaban J connectivity index is 1.16. The monoisotopic (exact) mass is 489 g/mol. The molecule has 1 aliphatic heterocycles. The number of piperazine rings is 1. The van der Waals surface area contributed by atoms with Gasteiger partial charge in [0.2, 0.25) is 11.6 Å². The molecule has 0 aliphatic carbocycles. The van der Waals surface area contributed by atoms with Crippen LogP contribution in [-0.2, 0) is 9.53 Å². The molecule has 184 valence electrons. The first kappa shape index (κ1) is 23.1. The molecule has 12 nitrogen and oxygen atoms in total. The van der Waals surface area contributed by atoms with E-state index >= 15 is 0 Å². The zero-order valence-corrected chi connectivity index (χ0v) is 19.7. The molecule has 0 radical (unpaired) electrons. The van der Waals surface area contributed by atoms with Crippen molar-refractivity contribution in [2.24, 2.45) is 0 Å². The first-order valence-corrected chi connectivity index (χ1v) is 11.4. The van der Waals surface area contributed by atoms with Gasteiger partial charge in [-0.1, -0.05) is 0 Å². The number of anilines is 1. The Labute approximate surface area is 205 Å². The molecule has 12 heteroatoms. The van der Waals surface area contributed by atoms with Crippen LogP contribution in [0.2, 0.25) is 0 Å². The first-order chi connectivity index (χ1) is 17.4. The number of oxazole rings is 1. The molecule has 0 atom stereocenters. The fourth-order valence-corrected chi connectivity index (χ4v) is 4.00. The molecule has 4 aromatic heterocycles. The van der Waals surface area contributed by atoms with Gasteiger partial charge in [0.25, 0.3) is 11.8 Å². The van der Waals surface area contributed by atoms with Crippen molar-refractivity contribution in [3.63, 3.8) is 0 Å². The quantitative estimate of drug-likeness (QED) is 0.371. The van der Waals surface area contributed by atoms with Crippen molar-refractivity contribution in [1.29, 1.82) is 5.26 Å². The van der Waals surface area contributed by atoms with Gasteiger partial charge < -0.3 is 23.4 Å². The molecule has 0 saturated carbocycles. The molecule has 5 rings (SSSR count). The highest BCUT2D eigenvalue weighted by Crippen LogP contribution is 2.29. The van der Waals surface area contributed by atoms with Gasteiger partial charge in [-0.15, -0.1) is 0 Å². The van der Waals surface area contributed by atoms with Gasteiger partial charge in [0.05, 0.1) is 18.0 Å². The van der Waals surface area contributed by atoms with Crippen molar-refractivity contribution in [2.45, 2.75) is 19.9 Å². The van der Waals surface area contributed by atoms with Gasteiger partial charge >= 0.3 is 5.97 Å². The Morgan fingerprint density at radius 1 is 1.22 bits per heavy atom. The maximum absolute atomic E-state index is 12.7. The normalized spacial score (nSPS) is 13.8. The van der Waals surface area contributed by atoms with E-state index in [-0.39, 0.29) is 35.7 Å². The number of aromatic nitrogens is 4. The summed E-state index contributed by atoms with van der Waals surface area (Å²) < 4.78 is 18.1. The predicted molar refractivity (Wildman–Crippen MR) is 126 cm³/mol. The van der Waals surface area contributed by atoms with Crippen LogP contribution in [0.25, 0.3) is 22.7 Å². The lowest BCUT2D eigenvalue weighted by atomic mass is 10.2. The molecule has 1 saturated heterocycles. The molecular weight excluding hydrogens is 466 g/mol. The number of carbonyl (C=O) groups excluding carboxylic acids is 2. The van der Waals surface area contributed by atoms with Crippen LogP contribution in [0, 0.1) is 11.3 Å². The van der Waals surface area contributed by atoms with E-state index in [1.165, 1.54) is 12.5 Å². The van der Waals surface area contributed by atoms with Gasteiger partial charge in [0.15, 0.2) is 18.0 Å². The van der Waals surface area contributed by atoms with Crippen molar-refractivity contribution in [3.05, 3.63) is 48.1 Å². The van der Waals surface area contributed by atoms with Crippen molar-refractivity contribution >= 4 is 28.8 Å². The number of ether oxygens (including phenoxy) is 1. The minimum atomic E-state index is -0.625. The number of hydrogen-bond acceptors (Lipinski definition) is 10. The highest BCUT2D eigenvalue weighted by atomic mass is 16.5. The van der Waals surface area contributed by atoms with E-state index < -0.39 is 5.97 Å². The average molecular weight is 489 g/mol. The lowest BCUT2D eigenvalue weighted by Gasteiger charge is -2.34. The Morgan fingerprint density at radius 3 is 2.72 bits per heavy atom. The number of hydrogen-bond donors (Lipinski definition) is 0. The smallest absolute Gasteiger partial charge is 0.340 e. The minimum absolute atomic E-state index is 0.138. The Hall–Kier alpha value is -4.66. The summed E-state index contributed by atoms with van der Waals surface area (Å²) in [5.74, 6) is 0.0577. The number of nitrogens with zero attached hydrogens (tertiary/aromatic N) is 7. The molecule has 0 unspecified atom stereocenters. The van der Waals surface area contributed by atoms with Crippen LogP contribution >= 0.6 is 0 Å². The number of esters is 1. The molecule has 1 fully saturated rings. The minimum Gasteiger partial charge on any atom is -0.459 e. The van der Waals surface area contributed by atoms with E-state index in [4.69, 9.17) is 13.6 Å². The van der Waals surface area contributed by atoms with Crippen molar-refractivity contribution in [3.8, 4) is 17.7 Å². The molecule has 1 amide bonds. The highest BCUT2D eigenvalue weighted by Gasteiger charge is 2.27. The maximum Gasteiger partial charge on any atom is 0.340 e. The lowest BCUT2D eigenvalue weighted by molar-refractivity contribution is -0.134. The summed E-state index contributed by atoms with van der Waals surface area (Å²) in [7, 11) is 0. The number of fused-ring (bicyclic) bond motifs is 1. The van der Waals surface area contributed by atoms with E-state index in [0.717, 1.165) is 5.39 Å². The summed E-state index contributed by atoms with van der Waals surface area (Å²) in [4.78, 5) is 37.1. The van der Waals surface area contributed by atoms with Crippen LogP contribution in [-0.4, -0.2) is 69.3 Å². The molecule has 0 spiro atoms. The third-order valence-electron chi connectivity index (χ3n) is 5.85. The van der Waals surface area contributed by atoms with Crippen LogP contribution in [0.1, 0.15) is 35.9 Å². The fourth-order valence-electron chi connectivity index (χ4n) is 4.00. The number of pyridine rings is 1. The van der Waals surface area contributed by atoms with Crippen molar-refractivity contribution in [2.75, 3.05) is 37.7 Å². The molecule has 0 aromatic carbocycles. The van der Waals surface area contributed by atoms with E-state index in [0.29, 0.717) is 43.5 Å². The molecule has 5 heterocycles. The Kier molecular flexibility index (Phi) is 6.12. The largest absolute Gasteiger partial charge is 0.459 e. The third kappa shape index (κ3) is 4.38.